The number of anilines is 2. The van der Waals surface area contributed by atoms with Crippen LogP contribution in [0.5, 0.6) is 0 Å². The summed E-state index contributed by atoms with van der Waals surface area (Å²) in [6, 6.07) is 1.41. The lowest BCUT2D eigenvalue weighted by Crippen LogP contribution is -2.27. The fourth-order valence-corrected chi connectivity index (χ4v) is 3.39. The van der Waals surface area contributed by atoms with Crippen LogP contribution in [0.2, 0.25) is 0 Å². The first kappa shape index (κ1) is 24.8. The molecule has 31 heavy (non-hydrogen) atoms. The van der Waals surface area contributed by atoms with E-state index in [0.717, 1.165) is 18.4 Å². The highest BCUT2D eigenvalue weighted by Crippen LogP contribution is 2.24. The van der Waals surface area contributed by atoms with Gasteiger partial charge in [-0.05, 0) is 36.0 Å². The summed E-state index contributed by atoms with van der Waals surface area (Å²) in [6.07, 6.45) is 1.61. The second-order valence-electron chi connectivity index (χ2n) is 7.83. The molecule has 0 saturated carbocycles. The molecule has 172 valence electrons. The summed E-state index contributed by atoms with van der Waals surface area (Å²) in [5, 5.41) is 12.5. The summed E-state index contributed by atoms with van der Waals surface area (Å²) >= 11 is 0. The lowest BCUT2D eigenvalue weighted by atomic mass is 9.97. The number of nitrogens with one attached hydrogen (secondary N) is 2. The first-order valence-electron chi connectivity index (χ1n) is 9.62. The Morgan fingerprint density at radius 1 is 1.03 bits per heavy atom. The zero-order valence-electron chi connectivity index (χ0n) is 17.7. The molecule has 2 atom stereocenters. The topological polar surface area (TPSA) is 117 Å². The Bertz CT molecular complexity index is 998. The number of halogens is 3. The third kappa shape index (κ3) is 7.62. The molecule has 0 saturated heterocycles. The van der Waals surface area contributed by atoms with E-state index in [0.29, 0.717) is 6.42 Å². The van der Waals surface area contributed by atoms with Gasteiger partial charge in [0.25, 0.3) is 0 Å². The van der Waals surface area contributed by atoms with Crippen LogP contribution in [0.3, 0.4) is 0 Å². The maximum atomic E-state index is 13.6. The molecule has 0 bridgehead atoms. The fraction of sp³-hybridized carbons (Fsp3) is 0.526. The second-order valence-corrected chi connectivity index (χ2v) is 9.58. The molecule has 0 spiro atoms. The van der Waals surface area contributed by atoms with Gasteiger partial charge >= 0.3 is 0 Å². The van der Waals surface area contributed by atoms with Crippen molar-refractivity contribution in [2.24, 2.45) is 5.92 Å². The predicted octanol–water partition coefficient (Wildman–Crippen LogP) is 2.83. The molecule has 0 fully saturated rings. The van der Waals surface area contributed by atoms with Crippen molar-refractivity contribution in [1.29, 1.82) is 0 Å². The number of sulfonamides is 1. The summed E-state index contributed by atoms with van der Waals surface area (Å²) in [6.45, 7) is 5.39. The number of rotatable bonds is 10. The maximum Gasteiger partial charge on any atom is 0.241 e. The van der Waals surface area contributed by atoms with Gasteiger partial charge in [0.1, 0.15) is 5.82 Å². The molecule has 2 aromatic rings. The summed E-state index contributed by atoms with van der Waals surface area (Å²) in [7, 11) is -3.68. The van der Waals surface area contributed by atoms with Gasteiger partial charge in [0.15, 0.2) is 17.5 Å². The zero-order valence-corrected chi connectivity index (χ0v) is 18.5. The number of nitrogens with zero attached hydrogens (tertiary/aromatic N) is 3. The Labute approximate surface area is 179 Å². The number of aliphatic hydroxyl groups excluding tert-OH is 1. The van der Waals surface area contributed by atoms with Crippen LogP contribution in [0.4, 0.5) is 25.1 Å². The smallest absolute Gasteiger partial charge is 0.241 e. The number of hydrogen-bond acceptors (Lipinski definition) is 7. The Balaban J connectivity index is 2.35. The average molecular weight is 462 g/mol. The Kier molecular flexibility index (Phi) is 8.18. The molecular formula is C19H26F3N5O3S. The van der Waals surface area contributed by atoms with Crippen molar-refractivity contribution < 1.29 is 26.7 Å². The molecule has 1 unspecified atom stereocenters. The number of aliphatic hydroxyl groups is 1. The number of benzene rings is 1. The molecule has 1 aromatic heterocycles. The summed E-state index contributed by atoms with van der Waals surface area (Å²) < 4.78 is 65.8. The van der Waals surface area contributed by atoms with Crippen LogP contribution in [-0.2, 0) is 16.4 Å². The van der Waals surface area contributed by atoms with Crippen molar-refractivity contribution in [3.63, 3.8) is 0 Å². The quantitative estimate of drug-likeness (QED) is 0.466. The zero-order chi connectivity index (χ0) is 23.3. The molecule has 3 N–H and O–H groups in total. The van der Waals surface area contributed by atoms with Gasteiger partial charge in [0.2, 0.25) is 21.9 Å². The maximum absolute atomic E-state index is 13.6. The molecule has 0 aliphatic rings. The third-order valence-electron chi connectivity index (χ3n) is 4.33. The van der Waals surface area contributed by atoms with Crippen molar-refractivity contribution in [1.82, 2.24) is 15.0 Å². The Hall–Kier alpha value is -2.47. The minimum atomic E-state index is -3.68. The van der Waals surface area contributed by atoms with Crippen molar-refractivity contribution in [2.45, 2.75) is 45.6 Å². The van der Waals surface area contributed by atoms with E-state index >= 15 is 0 Å². The van der Waals surface area contributed by atoms with Gasteiger partial charge in [-0.2, -0.15) is 15.0 Å². The van der Waals surface area contributed by atoms with Crippen LogP contribution < -0.4 is 10.0 Å². The van der Waals surface area contributed by atoms with E-state index in [1.165, 1.54) is 0 Å². The summed E-state index contributed by atoms with van der Waals surface area (Å²) in [5.74, 6) is -4.47. The van der Waals surface area contributed by atoms with E-state index in [2.05, 4.69) is 25.0 Å². The van der Waals surface area contributed by atoms with E-state index in [-0.39, 0.29) is 48.3 Å². The van der Waals surface area contributed by atoms with Crippen LogP contribution >= 0.6 is 0 Å². The SMILES string of the molecule is CC(C)C[C@H](CO)Nc1nc(CC(C)c2cc(F)c(F)c(F)c2)nc(NS(C)(=O)=O)n1. The average Bonchev–Trinajstić information content (AvgIpc) is 2.63. The van der Waals surface area contributed by atoms with Gasteiger partial charge in [-0.1, -0.05) is 20.8 Å². The molecule has 1 heterocycles. The molecule has 0 aliphatic heterocycles. The highest BCUT2D eigenvalue weighted by atomic mass is 32.2. The highest BCUT2D eigenvalue weighted by Gasteiger charge is 2.19. The normalized spacial score (nSPS) is 13.8. The van der Waals surface area contributed by atoms with Crippen LogP contribution in [0.15, 0.2) is 12.1 Å². The van der Waals surface area contributed by atoms with Crippen LogP contribution in [0, 0.1) is 23.4 Å². The minimum absolute atomic E-state index is 0.0412. The van der Waals surface area contributed by atoms with Crippen LogP contribution in [0.25, 0.3) is 0 Å². The first-order valence-corrected chi connectivity index (χ1v) is 11.5. The van der Waals surface area contributed by atoms with Gasteiger partial charge in [0.05, 0.1) is 18.9 Å². The fourth-order valence-electron chi connectivity index (χ4n) is 2.97. The molecule has 0 aliphatic carbocycles. The molecular weight excluding hydrogens is 435 g/mol. The summed E-state index contributed by atoms with van der Waals surface area (Å²) in [5.41, 5.74) is 0.192. The molecule has 8 nitrogen and oxygen atoms in total. The van der Waals surface area contributed by atoms with E-state index in [1.54, 1.807) is 6.92 Å². The highest BCUT2D eigenvalue weighted by molar-refractivity contribution is 7.91. The standard InChI is InChI=1S/C19H26F3N5O3S/c1-10(2)5-13(9-28)23-18-24-16(25-19(26-18)27-31(4,29)30)6-11(3)12-7-14(20)17(22)15(21)8-12/h7-8,10-11,13,28H,5-6,9H2,1-4H3,(H2,23,24,25,26,27)/t11?,13-/m1/s1. The Morgan fingerprint density at radius 2 is 1.61 bits per heavy atom. The minimum Gasteiger partial charge on any atom is -0.394 e. The Morgan fingerprint density at radius 3 is 2.13 bits per heavy atom. The van der Waals surface area contributed by atoms with Crippen molar-refractivity contribution in [3.05, 3.63) is 41.0 Å². The third-order valence-corrected chi connectivity index (χ3v) is 4.89. The first-order chi connectivity index (χ1) is 14.4. The van der Waals surface area contributed by atoms with Crippen molar-refractivity contribution >= 4 is 21.9 Å². The lowest BCUT2D eigenvalue weighted by molar-refractivity contribution is 0.259. The van der Waals surface area contributed by atoms with Crippen molar-refractivity contribution in [2.75, 3.05) is 22.9 Å². The number of hydrogen-bond donors (Lipinski definition) is 3. The molecule has 0 radical (unpaired) electrons. The monoisotopic (exact) mass is 461 g/mol. The van der Waals surface area contributed by atoms with E-state index in [4.69, 9.17) is 0 Å². The number of aromatic nitrogens is 3. The van der Waals surface area contributed by atoms with Gasteiger partial charge in [-0.3, -0.25) is 4.72 Å². The van der Waals surface area contributed by atoms with Crippen LogP contribution in [0.1, 0.15) is 44.5 Å². The molecule has 2 rings (SSSR count). The van der Waals surface area contributed by atoms with Crippen molar-refractivity contribution in [3.8, 4) is 0 Å². The predicted molar refractivity (Wildman–Crippen MR) is 111 cm³/mol. The van der Waals surface area contributed by atoms with E-state index in [9.17, 15) is 26.7 Å². The van der Waals surface area contributed by atoms with Crippen LogP contribution in [-0.4, -0.2) is 47.4 Å². The lowest BCUT2D eigenvalue weighted by Gasteiger charge is -2.19. The van der Waals surface area contributed by atoms with Gasteiger partial charge in [-0.25, -0.2) is 21.6 Å². The summed E-state index contributed by atoms with van der Waals surface area (Å²) in [4.78, 5) is 12.3. The van der Waals surface area contributed by atoms with E-state index in [1.807, 2.05) is 13.8 Å². The molecule has 1 aromatic carbocycles. The molecule has 12 heteroatoms. The van der Waals surface area contributed by atoms with Gasteiger partial charge < -0.3 is 10.4 Å². The van der Waals surface area contributed by atoms with Gasteiger partial charge in [-0.15, -0.1) is 0 Å². The molecule has 0 amide bonds. The van der Waals surface area contributed by atoms with E-state index < -0.39 is 33.4 Å². The largest absolute Gasteiger partial charge is 0.394 e. The second kappa shape index (κ2) is 10.2. The van der Waals surface area contributed by atoms with Gasteiger partial charge in [0, 0.05) is 6.42 Å².